The van der Waals surface area contributed by atoms with Gasteiger partial charge in [-0.25, -0.2) is 0 Å². The van der Waals surface area contributed by atoms with Crippen molar-refractivity contribution in [1.29, 1.82) is 0 Å². The molecule has 1 aliphatic rings. The maximum atomic E-state index is 10.2. The Hall–Kier alpha value is -0.900. The first kappa shape index (κ1) is 13.5. The van der Waals surface area contributed by atoms with Gasteiger partial charge in [0.05, 0.1) is 6.10 Å². The molecular weight excluding hydrogens is 226 g/mol. The Kier molecular flexibility index (Phi) is 5.17. The molecular formula is C15H23NO2. The molecule has 18 heavy (non-hydrogen) atoms. The Labute approximate surface area is 109 Å². The van der Waals surface area contributed by atoms with Gasteiger partial charge in [0.15, 0.2) is 0 Å². The molecule has 1 fully saturated rings. The van der Waals surface area contributed by atoms with Crippen LogP contribution in [0.15, 0.2) is 30.3 Å². The van der Waals surface area contributed by atoms with Gasteiger partial charge in [-0.3, -0.25) is 0 Å². The second kappa shape index (κ2) is 6.88. The van der Waals surface area contributed by atoms with Crippen molar-refractivity contribution in [2.24, 2.45) is 5.92 Å². The monoisotopic (exact) mass is 249 g/mol. The number of rotatable bonds is 5. The third-order valence-electron chi connectivity index (χ3n) is 3.58. The van der Waals surface area contributed by atoms with Crippen molar-refractivity contribution >= 4 is 0 Å². The van der Waals surface area contributed by atoms with Crippen LogP contribution in [0, 0.1) is 5.92 Å². The lowest BCUT2D eigenvalue weighted by molar-refractivity contribution is 0.0478. The first-order chi connectivity index (χ1) is 8.75. The summed E-state index contributed by atoms with van der Waals surface area (Å²) >= 11 is 0. The van der Waals surface area contributed by atoms with E-state index in [1.807, 2.05) is 30.3 Å². The smallest absolute Gasteiger partial charge is 0.0916 e. The lowest BCUT2D eigenvalue weighted by Gasteiger charge is -2.28. The molecule has 1 unspecified atom stereocenters. The van der Waals surface area contributed by atoms with Crippen LogP contribution >= 0.6 is 0 Å². The van der Waals surface area contributed by atoms with Crippen molar-refractivity contribution in [1.82, 2.24) is 4.90 Å². The molecule has 2 rings (SSSR count). The van der Waals surface area contributed by atoms with Crippen LogP contribution in [0.5, 0.6) is 0 Å². The zero-order valence-corrected chi connectivity index (χ0v) is 11.1. The predicted octanol–water partition coefficient (Wildman–Crippen LogP) is 2.08. The molecule has 1 N–H and O–H groups in total. The highest BCUT2D eigenvalue weighted by Gasteiger charge is 2.17. The number of aliphatic hydroxyl groups excluding tert-OH is 1. The van der Waals surface area contributed by atoms with Gasteiger partial charge in [0.1, 0.15) is 0 Å². The van der Waals surface area contributed by atoms with Gasteiger partial charge in [-0.1, -0.05) is 30.3 Å². The van der Waals surface area contributed by atoms with Crippen LogP contribution in [-0.4, -0.2) is 43.4 Å². The lowest BCUT2D eigenvalue weighted by atomic mass is 9.99. The van der Waals surface area contributed by atoms with E-state index in [-0.39, 0.29) is 0 Å². The summed E-state index contributed by atoms with van der Waals surface area (Å²) in [6.07, 6.45) is 1.90. The minimum absolute atomic E-state index is 0.393. The van der Waals surface area contributed by atoms with E-state index in [0.29, 0.717) is 12.5 Å². The van der Waals surface area contributed by atoms with E-state index in [4.69, 9.17) is 4.74 Å². The largest absolute Gasteiger partial charge is 0.387 e. The maximum absolute atomic E-state index is 10.2. The first-order valence-corrected chi connectivity index (χ1v) is 6.75. The summed E-state index contributed by atoms with van der Waals surface area (Å²) in [6, 6.07) is 9.87. The van der Waals surface area contributed by atoms with Gasteiger partial charge >= 0.3 is 0 Å². The van der Waals surface area contributed by atoms with Crippen molar-refractivity contribution in [3.63, 3.8) is 0 Å². The zero-order valence-electron chi connectivity index (χ0n) is 11.1. The van der Waals surface area contributed by atoms with Crippen LogP contribution in [0.25, 0.3) is 0 Å². The molecule has 3 nitrogen and oxygen atoms in total. The molecule has 100 valence electrons. The van der Waals surface area contributed by atoms with Crippen LogP contribution in [0.3, 0.4) is 0 Å². The molecule has 1 aromatic rings. The number of aliphatic hydroxyl groups is 1. The molecule has 0 saturated carbocycles. The van der Waals surface area contributed by atoms with Gasteiger partial charge in [-0.2, -0.15) is 0 Å². The molecule has 3 heteroatoms. The summed E-state index contributed by atoms with van der Waals surface area (Å²) in [6.45, 7) is 3.52. The normalized spacial score (nSPS) is 19.1. The molecule has 0 radical (unpaired) electrons. The second-order valence-corrected chi connectivity index (χ2v) is 5.20. The Morgan fingerprint density at radius 3 is 2.61 bits per heavy atom. The van der Waals surface area contributed by atoms with Crippen LogP contribution in [0.2, 0.25) is 0 Å². The molecule has 1 atom stereocenters. The number of nitrogens with zero attached hydrogens (tertiary/aromatic N) is 1. The summed E-state index contributed by atoms with van der Waals surface area (Å²) in [4.78, 5) is 2.23. The number of likely N-dealkylation sites (N-methyl/N-ethyl adjacent to an activating group) is 1. The molecule has 0 spiro atoms. The average molecular weight is 249 g/mol. The molecule has 0 aromatic heterocycles. The van der Waals surface area contributed by atoms with Crippen molar-refractivity contribution in [2.45, 2.75) is 18.9 Å². The molecule has 1 aromatic carbocycles. The van der Waals surface area contributed by atoms with Crippen LogP contribution in [0.4, 0.5) is 0 Å². The maximum Gasteiger partial charge on any atom is 0.0916 e. The van der Waals surface area contributed by atoms with Crippen LogP contribution in [-0.2, 0) is 4.74 Å². The van der Waals surface area contributed by atoms with Crippen molar-refractivity contribution in [2.75, 3.05) is 33.4 Å². The van der Waals surface area contributed by atoms with Gasteiger partial charge in [0, 0.05) is 26.3 Å². The third-order valence-corrected chi connectivity index (χ3v) is 3.58. The number of benzene rings is 1. The summed E-state index contributed by atoms with van der Waals surface area (Å²) in [5.74, 6) is 0.715. The topological polar surface area (TPSA) is 32.7 Å². The molecule has 0 amide bonds. The fourth-order valence-corrected chi connectivity index (χ4v) is 2.52. The Morgan fingerprint density at radius 1 is 1.28 bits per heavy atom. The fourth-order valence-electron chi connectivity index (χ4n) is 2.52. The zero-order chi connectivity index (χ0) is 12.8. The highest BCUT2D eigenvalue weighted by Crippen LogP contribution is 2.18. The average Bonchev–Trinajstić information content (AvgIpc) is 2.40. The van der Waals surface area contributed by atoms with Gasteiger partial charge in [0.25, 0.3) is 0 Å². The molecule has 0 bridgehead atoms. The first-order valence-electron chi connectivity index (χ1n) is 6.75. The van der Waals surface area contributed by atoms with E-state index in [1.165, 1.54) is 0 Å². The van der Waals surface area contributed by atoms with Gasteiger partial charge < -0.3 is 14.7 Å². The summed E-state index contributed by atoms with van der Waals surface area (Å²) in [5, 5.41) is 10.2. The highest BCUT2D eigenvalue weighted by molar-refractivity contribution is 5.17. The predicted molar refractivity (Wildman–Crippen MR) is 72.4 cm³/mol. The number of hydrogen-bond acceptors (Lipinski definition) is 3. The molecule has 1 saturated heterocycles. The summed E-state index contributed by atoms with van der Waals surface area (Å²) < 4.78 is 5.36. The van der Waals surface area contributed by atoms with Crippen molar-refractivity contribution < 1.29 is 9.84 Å². The quantitative estimate of drug-likeness (QED) is 0.867. The van der Waals surface area contributed by atoms with Crippen LogP contribution < -0.4 is 0 Å². The van der Waals surface area contributed by atoms with E-state index in [9.17, 15) is 5.11 Å². The van der Waals surface area contributed by atoms with Crippen LogP contribution in [0.1, 0.15) is 24.5 Å². The van der Waals surface area contributed by atoms with Gasteiger partial charge in [-0.05, 0) is 31.4 Å². The van der Waals surface area contributed by atoms with E-state index in [1.54, 1.807) is 0 Å². The number of hydrogen-bond donors (Lipinski definition) is 1. The van der Waals surface area contributed by atoms with Gasteiger partial charge in [-0.15, -0.1) is 0 Å². The van der Waals surface area contributed by atoms with E-state index >= 15 is 0 Å². The Balaban J connectivity index is 1.78. The highest BCUT2D eigenvalue weighted by atomic mass is 16.5. The van der Waals surface area contributed by atoms with Gasteiger partial charge in [0.2, 0.25) is 0 Å². The summed E-state index contributed by atoms with van der Waals surface area (Å²) in [5.41, 5.74) is 0.997. The number of ether oxygens (including phenoxy) is 1. The minimum Gasteiger partial charge on any atom is -0.387 e. The standard InChI is InChI=1S/C15H23NO2/c1-16(11-13-7-9-18-10-8-13)12-15(17)14-5-3-2-4-6-14/h2-6,13,15,17H,7-12H2,1H3. The Bertz CT molecular complexity index is 336. The molecule has 0 aliphatic carbocycles. The SMILES string of the molecule is CN(CC1CCOCC1)CC(O)c1ccccc1. The molecule has 1 aliphatic heterocycles. The van der Waals surface area contributed by atoms with E-state index < -0.39 is 6.10 Å². The van der Waals surface area contributed by atoms with E-state index in [2.05, 4.69) is 11.9 Å². The second-order valence-electron chi connectivity index (χ2n) is 5.20. The fraction of sp³-hybridized carbons (Fsp3) is 0.600. The third kappa shape index (κ3) is 4.09. The molecule has 1 heterocycles. The summed E-state index contributed by atoms with van der Waals surface area (Å²) in [7, 11) is 2.08. The Morgan fingerprint density at radius 2 is 1.94 bits per heavy atom. The minimum atomic E-state index is -0.393. The lowest BCUT2D eigenvalue weighted by Crippen LogP contribution is -2.32. The van der Waals surface area contributed by atoms with Crippen molar-refractivity contribution in [3.8, 4) is 0 Å². The van der Waals surface area contributed by atoms with E-state index in [0.717, 1.165) is 38.2 Å². The van der Waals surface area contributed by atoms with Crippen molar-refractivity contribution in [3.05, 3.63) is 35.9 Å².